The number of hydrogen-bond donors (Lipinski definition) is 1. The predicted octanol–water partition coefficient (Wildman–Crippen LogP) is 7.39. The molecular weight excluding hydrogens is 340 g/mol. The molecule has 160 valence electrons. The van der Waals surface area contributed by atoms with E-state index in [2.05, 4.69) is 40.7 Å². The van der Waals surface area contributed by atoms with Crippen molar-refractivity contribution in [1.82, 2.24) is 0 Å². The van der Waals surface area contributed by atoms with Crippen molar-refractivity contribution in [2.24, 2.45) is 46.3 Å². The molecule has 0 amide bonds. The zero-order valence-corrected chi connectivity index (χ0v) is 19.3. The van der Waals surface area contributed by atoms with Crippen LogP contribution in [0.25, 0.3) is 0 Å². The lowest BCUT2D eigenvalue weighted by molar-refractivity contribution is -0.0573. The summed E-state index contributed by atoms with van der Waals surface area (Å²) < 4.78 is 0. The van der Waals surface area contributed by atoms with Crippen molar-refractivity contribution in [2.45, 2.75) is 111 Å². The summed E-state index contributed by atoms with van der Waals surface area (Å²) in [5.41, 5.74) is 2.60. The van der Waals surface area contributed by atoms with Crippen LogP contribution in [0.2, 0.25) is 0 Å². The molecule has 1 nitrogen and oxygen atoms in total. The largest absolute Gasteiger partial charge is 0.393 e. The molecule has 0 bridgehead atoms. The Balaban J connectivity index is 1.49. The molecule has 0 aromatic rings. The van der Waals surface area contributed by atoms with Gasteiger partial charge in [0, 0.05) is 0 Å². The average Bonchev–Trinajstić information content (AvgIpc) is 2.99. The second kappa shape index (κ2) is 7.75. The second-order valence-electron chi connectivity index (χ2n) is 12.2. The average molecular weight is 387 g/mol. The molecule has 4 aliphatic carbocycles. The van der Waals surface area contributed by atoms with Crippen LogP contribution in [0.3, 0.4) is 0 Å². The smallest absolute Gasteiger partial charge is 0.0577 e. The first-order valence-corrected chi connectivity index (χ1v) is 12.6. The Hall–Kier alpha value is -0.300. The van der Waals surface area contributed by atoms with E-state index in [1.54, 1.807) is 5.57 Å². The van der Waals surface area contributed by atoms with E-state index in [1.807, 2.05) is 0 Å². The number of aliphatic hydroxyl groups is 1. The summed E-state index contributed by atoms with van der Waals surface area (Å²) in [6, 6.07) is 0. The maximum Gasteiger partial charge on any atom is 0.0577 e. The highest BCUT2D eigenvalue weighted by molar-refractivity contribution is 5.25. The normalized spacial score (nSPS) is 46.5. The molecule has 0 saturated heterocycles. The van der Waals surface area contributed by atoms with Crippen LogP contribution in [-0.4, -0.2) is 11.2 Å². The van der Waals surface area contributed by atoms with E-state index in [9.17, 15) is 5.11 Å². The minimum Gasteiger partial charge on any atom is -0.393 e. The minimum absolute atomic E-state index is 0.0766. The van der Waals surface area contributed by atoms with Gasteiger partial charge in [0.25, 0.3) is 0 Å². The SMILES string of the molecule is CC(C)CCC[C@@H](C)C1CC[C@H]2C3CC=C4C[C@@H](O)CC[C@]4(C)[C@H]3CCC12C. The van der Waals surface area contributed by atoms with Crippen molar-refractivity contribution in [2.75, 3.05) is 0 Å². The van der Waals surface area contributed by atoms with E-state index in [0.717, 1.165) is 48.3 Å². The summed E-state index contributed by atoms with van der Waals surface area (Å²) >= 11 is 0. The zero-order valence-electron chi connectivity index (χ0n) is 19.3. The van der Waals surface area contributed by atoms with Crippen LogP contribution in [0.1, 0.15) is 105 Å². The van der Waals surface area contributed by atoms with Crippen molar-refractivity contribution in [3.63, 3.8) is 0 Å². The summed E-state index contributed by atoms with van der Waals surface area (Å²) in [5, 5.41) is 10.2. The Kier molecular flexibility index (Phi) is 5.80. The summed E-state index contributed by atoms with van der Waals surface area (Å²) in [6.07, 6.45) is 17.2. The Labute approximate surface area is 174 Å². The summed E-state index contributed by atoms with van der Waals surface area (Å²) in [4.78, 5) is 0. The number of fused-ring (bicyclic) bond motifs is 5. The maximum absolute atomic E-state index is 10.2. The summed E-state index contributed by atoms with van der Waals surface area (Å²) in [6.45, 7) is 12.6. The second-order valence-corrected chi connectivity index (χ2v) is 12.2. The van der Waals surface area contributed by atoms with Gasteiger partial charge >= 0.3 is 0 Å². The topological polar surface area (TPSA) is 20.2 Å². The highest BCUT2D eigenvalue weighted by Gasteiger charge is 2.59. The number of rotatable bonds is 5. The van der Waals surface area contributed by atoms with Gasteiger partial charge in [-0.1, -0.05) is 65.5 Å². The van der Waals surface area contributed by atoms with Gasteiger partial charge in [0.15, 0.2) is 0 Å². The Morgan fingerprint density at radius 2 is 1.79 bits per heavy atom. The molecule has 28 heavy (non-hydrogen) atoms. The fourth-order valence-electron chi connectivity index (χ4n) is 8.67. The van der Waals surface area contributed by atoms with Crippen LogP contribution in [0.5, 0.6) is 0 Å². The molecule has 0 heterocycles. The molecule has 1 heteroatoms. The van der Waals surface area contributed by atoms with Crippen LogP contribution < -0.4 is 0 Å². The molecule has 3 fully saturated rings. The van der Waals surface area contributed by atoms with Gasteiger partial charge < -0.3 is 5.11 Å². The van der Waals surface area contributed by atoms with Crippen LogP contribution in [-0.2, 0) is 0 Å². The third-order valence-corrected chi connectivity index (χ3v) is 10.3. The minimum atomic E-state index is -0.0766. The van der Waals surface area contributed by atoms with Gasteiger partial charge in [0.2, 0.25) is 0 Å². The first-order valence-electron chi connectivity index (χ1n) is 12.6. The Bertz CT molecular complexity index is 591. The molecule has 0 radical (unpaired) electrons. The van der Waals surface area contributed by atoms with Gasteiger partial charge in [-0.15, -0.1) is 0 Å². The molecule has 8 atom stereocenters. The lowest BCUT2D eigenvalue weighted by atomic mass is 9.47. The fraction of sp³-hybridized carbons (Fsp3) is 0.926. The van der Waals surface area contributed by atoms with Gasteiger partial charge in [0.1, 0.15) is 0 Å². The van der Waals surface area contributed by atoms with E-state index >= 15 is 0 Å². The standard InChI is InChI=1S/C27H46O/c1-18(2)7-6-8-19(3)23-11-12-24-22-10-9-20-17-21(28)13-15-26(20,4)25(22)14-16-27(23,24)5/h9,18-19,21-25,28H,6-8,10-17H2,1-5H3/t19-,21+,22?,23?,24+,25+,26+,27?/m1/s1. The number of hydrogen-bond acceptors (Lipinski definition) is 1. The molecule has 1 N–H and O–H groups in total. The highest BCUT2D eigenvalue weighted by Crippen LogP contribution is 2.67. The lowest BCUT2D eigenvalue weighted by Crippen LogP contribution is -2.50. The molecule has 3 saturated carbocycles. The predicted molar refractivity (Wildman–Crippen MR) is 119 cm³/mol. The monoisotopic (exact) mass is 386 g/mol. The van der Waals surface area contributed by atoms with Crippen molar-refractivity contribution >= 4 is 0 Å². The fourth-order valence-corrected chi connectivity index (χ4v) is 8.67. The van der Waals surface area contributed by atoms with Crippen LogP contribution >= 0.6 is 0 Å². The summed E-state index contributed by atoms with van der Waals surface area (Å²) in [7, 11) is 0. The molecular formula is C27H46O. The molecule has 4 aliphatic rings. The highest BCUT2D eigenvalue weighted by atomic mass is 16.3. The van der Waals surface area contributed by atoms with Gasteiger partial charge in [0.05, 0.1) is 6.10 Å². The van der Waals surface area contributed by atoms with Crippen molar-refractivity contribution in [3.8, 4) is 0 Å². The molecule has 0 aliphatic heterocycles. The van der Waals surface area contributed by atoms with E-state index in [1.165, 1.54) is 57.8 Å². The number of aliphatic hydroxyl groups excluding tert-OH is 1. The first kappa shape index (κ1) is 21.0. The van der Waals surface area contributed by atoms with E-state index < -0.39 is 0 Å². The van der Waals surface area contributed by atoms with Gasteiger partial charge in [-0.3, -0.25) is 0 Å². The van der Waals surface area contributed by atoms with Crippen molar-refractivity contribution in [3.05, 3.63) is 11.6 Å². The van der Waals surface area contributed by atoms with Crippen molar-refractivity contribution in [1.29, 1.82) is 0 Å². The number of allylic oxidation sites excluding steroid dienone is 1. The quantitative estimate of drug-likeness (QED) is 0.488. The molecule has 3 unspecified atom stereocenters. The van der Waals surface area contributed by atoms with E-state index in [4.69, 9.17) is 0 Å². The molecule has 0 aromatic carbocycles. The van der Waals surface area contributed by atoms with E-state index in [-0.39, 0.29) is 6.10 Å². The van der Waals surface area contributed by atoms with Gasteiger partial charge in [-0.05, 0) is 97.7 Å². The van der Waals surface area contributed by atoms with Crippen LogP contribution in [0.4, 0.5) is 0 Å². The molecule has 0 spiro atoms. The molecule has 4 rings (SSSR count). The van der Waals surface area contributed by atoms with Gasteiger partial charge in [-0.25, -0.2) is 0 Å². The maximum atomic E-state index is 10.2. The van der Waals surface area contributed by atoms with Crippen LogP contribution in [0, 0.1) is 46.3 Å². The Morgan fingerprint density at radius 1 is 1.00 bits per heavy atom. The lowest BCUT2D eigenvalue weighted by Gasteiger charge is -2.58. The van der Waals surface area contributed by atoms with Gasteiger partial charge in [-0.2, -0.15) is 0 Å². The zero-order chi connectivity index (χ0) is 20.1. The third kappa shape index (κ3) is 3.42. The molecule has 0 aromatic heterocycles. The third-order valence-electron chi connectivity index (χ3n) is 10.3. The first-order chi connectivity index (χ1) is 13.3. The van der Waals surface area contributed by atoms with Crippen molar-refractivity contribution < 1.29 is 5.11 Å². The van der Waals surface area contributed by atoms with E-state index in [0.29, 0.717) is 10.8 Å². The Morgan fingerprint density at radius 3 is 2.54 bits per heavy atom. The van der Waals surface area contributed by atoms with Crippen LogP contribution in [0.15, 0.2) is 11.6 Å². The summed E-state index contributed by atoms with van der Waals surface area (Å²) in [5.74, 6) is 5.46.